The fourth-order valence-electron chi connectivity index (χ4n) is 2.88. The quantitative estimate of drug-likeness (QED) is 0.748. The van der Waals surface area contributed by atoms with Crippen molar-refractivity contribution in [3.05, 3.63) is 28.8 Å². The minimum absolute atomic E-state index is 0.268. The summed E-state index contributed by atoms with van der Waals surface area (Å²) in [5.74, 6) is 0.433. The number of rotatable bonds is 4. The van der Waals surface area contributed by atoms with E-state index in [1.54, 1.807) is 18.2 Å². The Labute approximate surface area is 130 Å². The van der Waals surface area contributed by atoms with Crippen LogP contribution in [-0.2, 0) is 0 Å². The summed E-state index contributed by atoms with van der Waals surface area (Å²) in [7, 11) is 0. The zero-order valence-corrected chi connectivity index (χ0v) is 13.1. The van der Waals surface area contributed by atoms with Gasteiger partial charge in [0, 0.05) is 17.3 Å². The highest BCUT2D eigenvalue weighted by Gasteiger charge is 2.33. The maximum absolute atomic E-state index is 12.1. The molecule has 116 valence electrons. The summed E-state index contributed by atoms with van der Waals surface area (Å²) in [6.07, 6.45) is 4.67. The first kappa shape index (κ1) is 16.1. The van der Waals surface area contributed by atoms with E-state index in [4.69, 9.17) is 17.3 Å². The third-order valence-electron chi connectivity index (χ3n) is 4.45. The first-order valence-electron chi connectivity index (χ1n) is 7.49. The molecule has 1 amide bonds. The van der Waals surface area contributed by atoms with Crippen LogP contribution < -0.4 is 11.1 Å². The van der Waals surface area contributed by atoms with E-state index in [2.05, 4.69) is 12.2 Å². The predicted molar refractivity (Wildman–Crippen MR) is 85.4 cm³/mol. The van der Waals surface area contributed by atoms with Crippen LogP contribution >= 0.6 is 11.6 Å². The number of hydrogen-bond donors (Lipinski definition) is 3. The Morgan fingerprint density at radius 3 is 2.71 bits per heavy atom. The standard InChI is InChI=1S/C16H23ClN2O2/c1-2-11-5-7-16(21,8-6-11)10-19-15(20)13-4-3-12(17)9-14(13)18/h3-4,9,11,21H,2,5-8,10,18H2,1H3,(H,19,20). The van der Waals surface area contributed by atoms with E-state index >= 15 is 0 Å². The molecule has 1 fully saturated rings. The number of nitrogens with one attached hydrogen (secondary N) is 1. The summed E-state index contributed by atoms with van der Waals surface area (Å²) in [4.78, 5) is 12.1. The molecule has 0 radical (unpaired) electrons. The van der Waals surface area contributed by atoms with Gasteiger partial charge in [-0.1, -0.05) is 24.9 Å². The van der Waals surface area contributed by atoms with Crippen molar-refractivity contribution in [2.45, 2.75) is 44.6 Å². The van der Waals surface area contributed by atoms with Crippen molar-refractivity contribution in [2.24, 2.45) is 5.92 Å². The molecule has 4 N–H and O–H groups in total. The Bertz CT molecular complexity index is 511. The maximum Gasteiger partial charge on any atom is 0.253 e. The van der Waals surface area contributed by atoms with E-state index in [0.29, 0.717) is 22.2 Å². The van der Waals surface area contributed by atoms with Gasteiger partial charge in [-0.3, -0.25) is 4.79 Å². The lowest BCUT2D eigenvalue weighted by Crippen LogP contribution is -2.45. The van der Waals surface area contributed by atoms with Crippen LogP contribution in [0.25, 0.3) is 0 Å². The van der Waals surface area contributed by atoms with Crippen LogP contribution in [0.1, 0.15) is 49.4 Å². The van der Waals surface area contributed by atoms with Crippen molar-refractivity contribution in [1.29, 1.82) is 0 Å². The van der Waals surface area contributed by atoms with Gasteiger partial charge in [-0.25, -0.2) is 0 Å². The second-order valence-electron chi connectivity index (χ2n) is 5.99. The van der Waals surface area contributed by atoms with Crippen molar-refractivity contribution >= 4 is 23.2 Å². The highest BCUT2D eigenvalue weighted by atomic mass is 35.5. The van der Waals surface area contributed by atoms with Gasteiger partial charge in [0.05, 0.1) is 11.2 Å². The minimum atomic E-state index is -0.789. The molecular formula is C16H23ClN2O2. The fraction of sp³-hybridized carbons (Fsp3) is 0.562. The molecule has 0 spiro atoms. The van der Waals surface area contributed by atoms with Crippen molar-refractivity contribution in [3.8, 4) is 0 Å². The average Bonchev–Trinajstić information content (AvgIpc) is 2.46. The van der Waals surface area contributed by atoms with Gasteiger partial charge < -0.3 is 16.2 Å². The molecule has 0 unspecified atom stereocenters. The van der Waals surface area contributed by atoms with Crippen LogP contribution in [0, 0.1) is 5.92 Å². The number of amides is 1. The first-order valence-corrected chi connectivity index (χ1v) is 7.87. The number of hydrogen-bond acceptors (Lipinski definition) is 3. The summed E-state index contributed by atoms with van der Waals surface area (Å²) < 4.78 is 0. The predicted octanol–water partition coefficient (Wildman–Crippen LogP) is 2.98. The second-order valence-corrected chi connectivity index (χ2v) is 6.43. The number of halogens is 1. The normalized spacial score (nSPS) is 25.6. The zero-order valence-electron chi connectivity index (χ0n) is 12.4. The summed E-state index contributed by atoms with van der Waals surface area (Å²) in [6, 6.07) is 4.79. The molecule has 0 saturated heterocycles. The lowest BCUT2D eigenvalue weighted by atomic mass is 9.78. The molecule has 5 heteroatoms. The molecule has 0 aromatic heterocycles. The summed E-state index contributed by atoms with van der Waals surface area (Å²) in [6.45, 7) is 2.45. The minimum Gasteiger partial charge on any atom is -0.398 e. The Balaban J connectivity index is 1.92. The Hall–Kier alpha value is -1.26. The van der Waals surface area contributed by atoms with Gasteiger partial charge in [0.1, 0.15) is 0 Å². The molecule has 0 aliphatic heterocycles. The summed E-state index contributed by atoms with van der Waals surface area (Å²) >= 11 is 5.82. The summed E-state index contributed by atoms with van der Waals surface area (Å²) in [5.41, 5.74) is 5.75. The van der Waals surface area contributed by atoms with Gasteiger partial charge in [-0.05, 0) is 49.8 Å². The second kappa shape index (κ2) is 6.67. The molecule has 1 aliphatic carbocycles. The Kier molecular flexibility index (Phi) is 5.12. The molecule has 21 heavy (non-hydrogen) atoms. The largest absolute Gasteiger partial charge is 0.398 e. The molecule has 1 saturated carbocycles. The number of benzene rings is 1. The van der Waals surface area contributed by atoms with Gasteiger partial charge in [-0.15, -0.1) is 0 Å². The molecule has 1 aromatic rings. The van der Waals surface area contributed by atoms with Crippen molar-refractivity contribution in [2.75, 3.05) is 12.3 Å². The SMILES string of the molecule is CCC1CCC(O)(CNC(=O)c2ccc(Cl)cc2N)CC1. The molecule has 0 atom stereocenters. The number of nitrogen functional groups attached to an aromatic ring is 1. The van der Waals surface area contributed by atoms with Gasteiger partial charge in [0.2, 0.25) is 0 Å². The molecule has 1 aliphatic rings. The molecule has 4 nitrogen and oxygen atoms in total. The van der Waals surface area contributed by atoms with E-state index < -0.39 is 5.60 Å². The Morgan fingerprint density at radius 2 is 2.14 bits per heavy atom. The highest BCUT2D eigenvalue weighted by molar-refractivity contribution is 6.31. The molecule has 0 bridgehead atoms. The average molecular weight is 311 g/mol. The third-order valence-corrected chi connectivity index (χ3v) is 4.68. The molecule has 2 rings (SSSR count). The topological polar surface area (TPSA) is 75.3 Å². The maximum atomic E-state index is 12.1. The summed E-state index contributed by atoms with van der Waals surface area (Å²) in [5, 5.41) is 13.8. The first-order chi connectivity index (χ1) is 9.93. The van der Waals surface area contributed by atoms with E-state index in [0.717, 1.165) is 32.1 Å². The third kappa shape index (κ3) is 4.11. The van der Waals surface area contributed by atoms with Crippen LogP contribution in [-0.4, -0.2) is 23.2 Å². The number of aliphatic hydroxyl groups is 1. The van der Waals surface area contributed by atoms with E-state index in [1.165, 1.54) is 0 Å². The lowest BCUT2D eigenvalue weighted by Gasteiger charge is -2.35. The van der Waals surface area contributed by atoms with Crippen molar-refractivity contribution in [1.82, 2.24) is 5.32 Å². The molecule has 0 heterocycles. The number of carbonyl (C=O) groups excluding carboxylic acids is 1. The van der Waals surface area contributed by atoms with Crippen molar-refractivity contribution in [3.63, 3.8) is 0 Å². The fourth-order valence-corrected chi connectivity index (χ4v) is 3.06. The van der Waals surface area contributed by atoms with Crippen LogP contribution in [0.3, 0.4) is 0 Å². The molecular weight excluding hydrogens is 288 g/mol. The number of anilines is 1. The number of carbonyl (C=O) groups is 1. The lowest BCUT2D eigenvalue weighted by molar-refractivity contribution is -0.00786. The van der Waals surface area contributed by atoms with Crippen LogP contribution in [0.15, 0.2) is 18.2 Å². The smallest absolute Gasteiger partial charge is 0.253 e. The van der Waals surface area contributed by atoms with Gasteiger partial charge in [-0.2, -0.15) is 0 Å². The van der Waals surface area contributed by atoms with Gasteiger partial charge >= 0.3 is 0 Å². The van der Waals surface area contributed by atoms with E-state index in [9.17, 15) is 9.90 Å². The van der Waals surface area contributed by atoms with Crippen LogP contribution in [0.5, 0.6) is 0 Å². The highest BCUT2D eigenvalue weighted by Crippen LogP contribution is 2.33. The zero-order chi connectivity index (χ0) is 15.5. The molecule has 1 aromatic carbocycles. The van der Waals surface area contributed by atoms with Gasteiger partial charge in [0.25, 0.3) is 5.91 Å². The van der Waals surface area contributed by atoms with E-state index in [-0.39, 0.29) is 12.5 Å². The van der Waals surface area contributed by atoms with Crippen molar-refractivity contribution < 1.29 is 9.90 Å². The van der Waals surface area contributed by atoms with Crippen LogP contribution in [0.4, 0.5) is 5.69 Å². The Morgan fingerprint density at radius 1 is 1.48 bits per heavy atom. The monoisotopic (exact) mass is 310 g/mol. The van der Waals surface area contributed by atoms with Crippen LogP contribution in [0.2, 0.25) is 5.02 Å². The number of nitrogens with two attached hydrogens (primary N) is 1. The van der Waals surface area contributed by atoms with Gasteiger partial charge in [0.15, 0.2) is 0 Å². The van der Waals surface area contributed by atoms with E-state index in [1.807, 2.05) is 0 Å².